The molecule has 2 aromatic carbocycles. The van der Waals surface area contributed by atoms with Crippen molar-refractivity contribution in [3.63, 3.8) is 0 Å². The Kier molecular flexibility index (Phi) is 14.0. The number of urea groups is 1. The monoisotopic (exact) mass is 795 g/mol. The van der Waals surface area contributed by atoms with Crippen molar-refractivity contribution in [2.45, 2.75) is 86.0 Å². The highest BCUT2D eigenvalue weighted by Gasteiger charge is 2.46. The van der Waals surface area contributed by atoms with Crippen molar-refractivity contribution in [1.29, 1.82) is 0 Å². The Morgan fingerprint density at radius 2 is 1.75 bits per heavy atom. The van der Waals surface area contributed by atoms with Crippen LogP contribution in [0, 0.1) is 0 Å². The first-order chi connectivity index (χ1) is 25.3. The van der Waals surface area contributed by atoms with Gasteiger partial charge in [0.15, 0.2) is 0 Å². The number of pyridine rings is 1. The molecule has 8 N–H and O–H groups in total. The summed E-state index contributed by atoms with van der Waals surface area (Å²) >= 11 is 13.1. The summed E-state index contributed by atoms with van der Waals surface area (Å²) in [4.78, 5) is 16.6. The number of carbonyl (C=O) groups excluding carboxylic acids is 1. The Balaban J connectivity index is 1.17. The molecule has 1 aromatic heterocycles. The molecule has 3 aromatic rings. The van der Waals surface area contributed by atoms with E-state index in [1.54, 1.807) is 6.20 Å². The molecule has 5 rings (SSSR count). The predicted octanol–water partition coefficient (Wildman–Crippen LogP) is 2.51. The van der Waals surface area contributed by atoms with Gasteiger partial charge in [-0.25, -0.2) is 17.5 Å². The number of ether oxygens (including phenoxy) is 1. The van der Waals surface area contributed by atoms with Crippen LogP contribution in [0.25, 0.3) is 11.1 Å². The van der Waals surface area contributed by atoms with Crippen LogP contribution in [-0.4, -0.2) is 113 Å². The molecule has 53 heavy (non-hydrogen) atoms. The van der Waals surface area contributed by atoms with Crippen molar-refractivity contribution in [3.05, 3.63) is 76.0 Å². The van der Waals surface area contributed by atoms with E-state index < -0.39 is 53.6 Å². The fourth-order valence-electron chi connectivity index (χ4n) is 5.98. The summed E-state index contributed by atoms with van der Waals surface area (Å²) in [6, 6.07) is 10.8. The third kappa shape index (κ3) is 10.2. The zero-order chi connectivity index (χ0) is 38.3. The Morgan fingerprint density at radius 3 is 2.43 bits per heavy atom. The van der Waals surface area contributed by atoms with Gasteiger partial charge >= 0.3 is 6.03 Å². The molecule has 4 unspecified atom stereocenters. The average molecular weight is 797 g/mol. The zero-order valence-electron chi connectivity index (χ0n) is 29.3. The smallest absolute Gasteiger partial charge is 0.315 e. The molecule has 2 fully saturated rings. The number of aliphatic hydroxyl groups excluding tert-OH is 5. The fraction of sp³-hybridized carbons (Fsp3) is 0.500. The van der Waals surface area contributed by atoms with E-state index in [1.807, 2.05) is 36.5 Å². The normalized spacial score (nSPS) is 17.5. The molecule has 1 heterocycles. The lowest BCUT2D eigenvalue weighted by Gasteiger charge is -2.28. The van der Waals surface area contributed by atoms with Crippen molar-refractivity contribution >= 4 is 39.3 Å². The molecule has 14 nitrogen and oxygen atoms in total. The van der Waals surface area contributed by atoms with Gasteiger partial charge in [0.25, 0.3) is 0 Å². The number of benzene rings is 2. The minimum Gasteiger partial charge on any atom is -0.490 e. The van der Waals surface area contributed by atoms with E-state index in [4.69, 9.17) is 33.0 Å². The first kappa shape index (κ1) is 41.1. The number of hydrogen-bond acceptors (Lipinski definition) is 11. The first-order valence-corrected chi connectivity index (χ1v) is 19.7. The summed E-state index contributed by atoms with van der Waals surface area (Å²) in [5.41, 5.74) is 3.22. The van der Waals surface area contributed by atoms with E-state index in [1.165, 1.54) is 23.5 Å². The van der Waals surface area contributed by atoms with E-state index in [0.717, 1.165) is 48.1 Å². The van der Waals surface area contributed by atoms with E-state index in [9.17, 15) is 33.6 Å². The number of para-hydroxylation sites is 1. The fourth-order valence-corrected chi connectivity index (χ4v) is 8.03. The molecule has 0 aliphatic heterocycles. The summed E-state index contributed by atoms with van der Waals surface area (Å²) in [7, 11) is -2.59. The number of aliphatic hydroxyl groups is 5. The van der Waals surface area contributed by atoms with Gasteiger partial charge in [-0.05, 0) is 79.5 Å². The molecule has 17 heteroatoms. The molecular weight excluding hydrogens is 749 g/mol. The maximum absolute atomic E-state index is 13.7. The van der Waals surface area contributed by atoms with Gasteiger partial charge in [0, 0.05) is 55.2 Å². The molecule has 2 amide bonds. The number of halogens is 2. The second-order valence-electron chi connectivity index (χ2n) is 13.5. The number of unbranched alkanes of at least 4 members (excludes halogenated alkanes) is 1. The number of rotatable bonds is 20. The van der Waals surface area contributed by atoms with Crippen LogP contribution in [0.4, 0.5) is 4.79 Å². The minimum atomic E-state index is -4.03. The van der Waals surface area contributed by atoms with Crippen LogP contribution in [0.5, 0.6) is 5.75 Å². The summed E-state index contributed by atoms with van der Waals surface area (Å²) in [6.07, 6.45) is 3.23. The topological polar surface area (TPSA) is 214 Å². The molecule has 0 bridgehead atoms. The van der Waals surface area contributed by atoms with Gasteiger partial charge in [0.2, 0.25) is 10.0 Å². The van der Waals surface area contributed by atoms with Crippen molar-refractivity contribution < 1.29 is 43.5 Å². The van der Waals surface area contributed by atoms with Gasteiger partial charge in [-0.2, -0.15) is 0 Å². The number of aromatic nitrogens is 1. The zero-order valence-corrected chi connectivity index (χ0v) is 31.6. The molecule has 0 radical (unpaired) electrons. The third-order valence-electron chi connectivity index (χ3n) is 9.53. The van der Waals surface area contributed by atoms with Crippen LogP contribution >= 0.6 is 23.2 Å². The highest BCUT2D eigenvalue weighted by atomic mass is 35.5. The van der Waals surface area contributed by atoms with E-state index in [0.29, 0.717) is 23.4 Å². The number of nitrogens with zero attached hydrogens (tertiary/aromatic N) is 2. The van der Waals surface area contributed by atoms with Crippen LogP contribution < -0.4 is 20.7 Å². The molecular formula is C36H47Cl2N5O9S. The molecule has 4 atom stereocenters. The summed E-state index contributed by atoms with van der Waals surface area (Å²) in [5.74, 6) is 0.835. The van der Waals surface area contributed by atoms with E-state index >= 15 is 0 Å². The van der Waals surface area contributed by atoms with Gasteiger partial charge in [0.05, 0.1) is 30.4 Å². The van der Waals surface area contributed by atoms with Gasteiger partial charge in [-0.1, -0.05) is 41.4 Å². The quantitative estimate of drug-likeness (QED) is 0.0779. The number of hydrogen-bond donors (Lipinski definition) is 8. The lowest BCUT2D eigenvalue weighted by atomic mass is 9.94. The summed E-state index contributed by atoms with van der Waals surface area (Å²) in [5, 5.41) is 56.7. The molecule has 0 spiro atoms. The maximum atomic E-state index is 13.7. The van der Waals surface area contributed by atoms with Crippen LogP contribution in [0.1, 0.15) is 49.7 Å². The van der Waals surface area contributed by atoms with Crippen molar-refractivity contribution in [3.8, 4) is 16.9 Å². The van der Waals surface area contributed by atoms with Gasteiger partial charge in [0.1, 0.15) is 29.0 Å². The molecule has 2 saturated carbocycles. The molecule has 2 aliphatic rings. The first-order valence-electron chi connectivity index (χ1n) is 17.5. The Hall–Kier alpha value is -3.09. The Morgan fingerprint density at radius 1 is 1.02 bits per heavy atom. The van der Waals surface area contributed by atoms with Gasteiger partial charge < -0.3 is 46.2 Å². The van der Waals surface area contributed by atoms with Crippen LogP contribution in [0.3, 0.4) is 0 Å². The molecule has 2 aliphatic carbocycles. The number of nitrogens with one attached hydrogen (secondary N) is 3. The van der Waals surface area contributed by atoms with E-state index in [2.05, 4.69) is 20.9 Å². The van der Waals surface area contributed by atoms with Crippen LogP contribution in [0.15, 0.2) is 59.8 Å². The summed E-state index contributed by atoms with van der Waals surface area (Å²) < 4.78 is 34.7. The second kappa shape index (κ2) is 18.0. The van der Waals surface area contributed by atoms with Gasteiger partial charge in [-0.3, -0.25) is 4.98 Å². The molecule has 290 valence electrons. The van der Waals surface area contributed by atoms with Crippen molar-refractivity contribution in [2.75, 3.05) is 33.4 Å². The number of sulfonamides is 1. The van der Waals surface area contributed by atoms with Gasteiger partial charge in [-0.15, -0.1) is 0 Å². The van der Waals surface area contributed by atoms with Crippen LogP contribution in [0.2, 0.25) is 10.0 Å². The highest BCUT2D eigenvalue weighted by Crippen LogP contribution is 2.50. The SMILES string of the molecule is CN(CCCCNC(=O)NC(CO)C(O)C(O)C(O)CO)S(=O)(=O)c1cc(CNC2(c3cnccc3-c3ccccc3OC3CC3)CC2)c(Cl)cc1Cl. The van der Waals surface area contributed by atoms with Crippen LogP contribution in [-0.2, 0) is 22.1 Å². The largest absolute Gasteiger partial charge is 0.490 e. The standard InChI is InChI=1S/C36H47Cl2N5O9S/c1-43(15-5-4-13-40-35(49)42-29(20-44)33(47)34(48)30(46)21-45)53(50,51)32-16-22(27(37)17-28(32)38)18-41-36(11-12-36)26-19-39-14-10-24(26)25-6-2-3-7-31(25)52-23-8-9-23/h2-3,6-7,10,14,16-17,19,23,29-30,33-34,41,44-48H,4-5,8-9,11-13,15,18,20-21H2,1H3,(H2,40,42,49). The Labute approximate surface area is 319 Å². The van der Waals surface area contributed by atoms with Crippen molar-refractivity contribution in [1.82, 2.24) is 25.2 Å². The molecule has 0 saturated heterocycles. The number of amides is 2. The third-order valence-corrected chi connectivity index (χ3v) is 12.2. The highest BCUT2D eigenvalue weighted by molar-refractivity contribution is 7.89. The average Bonchev–Trinajstić information content (AvgIpc) is 4.10. The maximum Gasteiger partial charge on any atom is 0.315 e. The number of carbonyl (C=O) groups is 1. The lowest BCUT2D eigenvalue weighted by Crippen LogP contribution is -2.56. The minimum absolute atomic E-state index is 0.0101. The lowest BCUT2D eigenvalue weighted by molar-refractivity contribution is -0.0902. The summed E-state index contributed by atoms with van der Waals surface area (Å²) in [6.45, 7) is -1.04. The Bertz CT molecular complexity index is 1830. The second-order valence-corrected chi connectivity index (χ2v) is 16.3. The van der Waals surface area contributed by atoms with Crippen molar-refractivity contribution in [2.24, 2.45) is 0 Å². The van der Waals surface area contributed by atoms with E-state index in [-0.39, 0.29) is 41.2 Å². The predicted molar refractivity (Wildman–Crippen MR) is 199 cm³/mol.